The Labute approximate surface area is 79.7 Å². The van der Waals surface area contributed by atoms with Gasteiger partial charge in [-0.3, -0.25) is 0 Å². The Morgan fingerprint density at radius 3 is 1.67 bits per heavy atom. The SMILES string of the molecule is C1NCC23CC4CC12CC4C3.Cl. The summed E-state index contributed by atoms with van der Waals surface area (Å²) in [4.78, 5) is 0. The summed E-state index contributed by atoms with van der Waals surface area (Å²) >= 11 is 0. The van der Waals surface area contributed by atoms with Crippen molar-refractivity contribution < 1.29 is 0 Å². The quantitative estimate of drug-likeness (QED) is 0.607. The van der Waals surface area contributed by atoms with Crippen molar-refractivity contribution in [1.82, 2.24) is 5.32 Å². The van der Waals surface area contributed by atoms with Crippen LogP contribution in [0.15, 0.2) is 0 Å². The molecule has 2 heteroatoms. The third-order valence-corrected chi connectivity index (χ3v) is 5.33. The molecule has 0 aromatic rings. The molecule has 5 aliphatic rings. The van der Waals surface area contributed by atoms with Gasteiger partial charge in [0.15, 0.2) is 0 Å². The largest absolute Gasteiger partial charge is 0.316 e. The summed E-state index contributed by atoms with van der Waals surface area (Å²) in [6.45, 7) is 2.72. The molecule has 12 heavy (non-hydrogen) atoms. The van der Waals surface area contributed by atoms with Gasteiger partial charge in [-0.05, 0) is 48.3 Å². The Hall–Kier alpha value is 0.250. The Morgan fingerprint density at radius 2 is 1.25 bits per heavy atom. The van der Waals surface area contributed by atoms with Crippen LogP contribution < -0.4 is 5.32 Å². The molecular weight excluding hydrogens is 170 g/mol. The van der Waals surface area contributed by atoms with Gasteiger partial charge in [0.25, 0.3) is 0 Å². The van der Waals surface area contributed by atoms with E-state index in [0.717, 1.165) is 22.7 Å². The van der Waals surface area contributed by atoms with E-state index >= 15 is 0 Å². The van der Waals surface area contributed by atoms with Gasteiger partial charge in [0, 0.05) is 13.1 Å². The van der Waals surface area contributed by atoms with Crippen molar-refractivity contribution in [3.05, 3.63) is 0 Å². The van der Waals surface area contributed by atoms with Gasteiger partial charge in [-0.1, -0.05) is 0 Å². The molecule has 5 rings (SSSR count). The average molecular weight is 186 g/mol. The van der Waals surface area contributed by atoms with Crippen molar-refractivity contribution in [3.8, 4) is 0 Å². The smallest absolute Gasteiger partial charge is 0.00141 e. The van der Waals surface area contributed by atoms with Crippen LogP contribution in [0.1, 0.15) is 25.7 Å². The van der Waals surface area contributed by atoms with E-state index in [2.05, 4.69) is 5.32 Å². The Morgan fingerprint density at radius 1 is 0.833 bits per heavy atom. The Kier molecular flexibility index (Phi) is 1.18. The molecule has 1 aliphatic heterocycles. The third kappa shape index (κ3) is 0.515. The topological polar surface area (TPSA) is 12.0 Å². The molecule has 0 aromatic carbocycles. The second kappa shape index (κ2) is 1.85. The lowest BCUT2D eigenvalue weighted by molar-refractivity contribution is 0.184. The first kappa shape index (κ1) is 7.64. The van der Waals surface area contributed by atoms with Crippen molar-refractivity contribution in [2.24, 2.45) is 22.7 Å². The van der Waals surface area contributed by atoms with Crippen LogP contribution in [-0.4, -0.2) is 13.1 Å². The van der Waals surface area contributed by atoms with Crippen LogP contribution in [0.4, 0.5) is 0 Å². The number of hydrogen-bond donors (Lipinski definition) is 1. The molecule has 2 spiro atoms. The standard InChI is InChI=1S/C10H15N.ClH/c1-7-2-10-4-8(7)3-9(1,10)5-11-6-10;/h7-8,11H,1-6H2;1H. The van der Waals surface area contributed by atoms with Gasteiger partial charge in [-0.2, -0.15) is 0 Å². The highest BCUT2D eigenvalue weighted by Crippen LogP contribution is 2.77. The van der Waals surface area contributed by atoms with Crippen LogP contribution >= 0.6 is 12.4 Å². The lowest BCUT2D eigenvalue weighted by Gasteiger charge is -2.32. The monoisotopic (exact) mass is 185 g/mol. The van der Waals surface area contributed by atoms with Crippen LogP contribution in [0.3, 0.4) is 0 Å². The molecule has 1 saturated heterocycles. The minimum atomic E-state index is 0. The molecule has 1 N–H and O–H groups in total. The van der Waals surface area contributed by atoms with E-state index in [1.165, 1.54) is 13.1 Å². The third-order valence-electron chi connectivity index (χ3n) is 5.33. The lowest BCUT2D eigenvalue weighted by Crippen LogP contribution is -2.30. The first-order chi connectivity index (χ1) is 5.34. The number of halogens is 1. The summed E-state index contributed by atoms with van der Waals surface area (Å²) < 4.78 is 0. The molecule has 0 unspecified atom stereocenters. The second-order valence-electron chi connectivity index (χ2n) is 5.50. The molecule has 1 heterocycles. The van der Waals surface area contributed by atoms with E-state index in [0.29, 0.717) is 0 Å². The summed E-state index contributed by atoms with van der Waals surface area (Å²) in [5.41, 5.74) is 1.64. The van der Waals surface area contributed by atoms with E-state index in [4.69, 9.17) is 0 Å². The summed E-state index contributed by atoms with van der Waals surface area (Å²) in [5.74, 6) is 2.33. The fourth-order valence-corrected chi connectivity index (χ4v) is 5.06. The average Bonchev–Trinajstić information content (AvgIpc) is 2.48. The zero-order valence-corrected chi connectivity index (χ0v) is 8.12. The molecule has 1 nitrogen and oxygen atoms in total. The van der Waals surface area contributed by atoms with Crippen LogP contribution in [0, 0.1) is 22.7 Å². The van der Waals surface area contributed by atoms with E-state index in [9.17, 15) is 0 Å². The van der Waals surface area contributed by atoms with Gasteiger partial charge in [0.1, 0.15) is 0 Å². The lowest BCUT2D eigenvalue weighted by atomic mass is 9.71. The van der Waals surface area contributed by atoms with Gasteiger partial charge in [-0.15, -0.1) is 12.4 Å². The maximum absolute atomic E-state index is 3.62. The second-order valence-corrected chi connectivity index (χ2v) is 5.50. The maximum atomic E-state index is 3.62. The molecule has 4 saturated carbocycles. The van der Waals surface area contributed by atoms with Crippen LogP contribution in [0.2, 0.25) is 0 Å². The van der Waals surface area contributed by atoms with Crippen molar-refractivity contribution in [1.29, 1.82) is 0 Å². The van der Waals surface area contributed by atoms with Gasteiger partial charge in [0.05, 0.1) is 0 Å². The van der Waals surface area contributed by atoms with Crippen LogP contribution in [-0.2, 0) is 0 Å². The summed E-state index contributed by atoms with van der Waals surface area (Å²) in [6.07, 6.45) is 6.35. The first-order valence-corrected chi connectivity index (χ1v) is 5.04. The number of rotatable bonds is 0. The number of hydrogen-bond acceptors (Lipinski definition) is 1. The van der Waals surface area contributed by atoms with Gasteiger partial charge in [0.2, 0.25) is 0 Å². The predicted octanol–water partition coefficient (Wildman–Crippen LogP) is 1.82. The van der Waals surface area contributed by atoms with Crippen molar-refractivity contribution in [3.63, 3.8) is 0 Å². The van der Waals surface area contributed by atoms with Crippen molar-refractivity contribution >= 4 is 12.4 Å². The zero-order valence-electron chi connectivity index (χ0n) is 7.31. The molecular formula is C10H16ClN. The molecule has 0 aromatic heterocycles. The molecule has 5 fully saturated rings. The highest BCUT2D eigenvalue weighted by Gasteiger charge is 2.72. The minimum absolute atomic E-state index is 0. The van der Waals surface area contributed by atoms with E-state index in [1.54, 1.807) is 25.7 Å². The maximum Gasteiger partial charge on any atom is 0.00141 e. The van der Waals surface area contributed by atoms with Crippen molar-refractivity contribution in [2.45, 2.75) is 25.7 Å². The zero-order chi connectivity index (χ0) is 7.10. The Bertz CT molecular complexity index is 202. The summed E-state index contributed by atoms with van der Waals surface area (Å²) in [5, 5.41) is 3.62. The van der Waals surface area contributed by atoms with E-state index in [1.807, 2.05) is 0 Å². The molecule has 4 aliphatic carbocycles. The molecule has 68 valence electrons. The van der Waals surface area contributed by atoms with Crippen LogP contribution in [0.5, 0.6) is 0 Å². The number of nitrogens with one attached hydrogen (secondary N) is 1. The van der Waals surface area contributed by atoms with Crippen molar-refractivity contribution in [2.75, 3.05) is 13.1 Å². The minimum Gasteiger partial charge on any atom is -0.316 e. The van der Waals surface area contributed by atoms with Crippen LogP contribution in [0.25, 0.3) is 0 Å². The Balaban J connectivity index is 0.000000490. The molecule has 0 atom stereocenters. The molecule has 0 amide bonds. The van der Waals surface area contributed by atoms with Gasteiger partial charge >= 0.3 is 0 Å². The van der Waals surface area contributed by atoms with E-state index in [-0.39, 0.29) is 12.4 Å². The highest BCUT2D eigenvalue weighted by atomic mass is 35.5. The summed E-state index contributed by atoms with van der Waals surface area (Å²) in [6, 6.07) is 0. The highest BCUT2D eigenvalue weighted by molar-refractivity contribution is 5.85. The summed E-state index contributed by atoms with van der Waals surface area (Å²) in [7, 11) is 0. The first-order valence-electron chi connectivity index (χ1n) is 5.04. The van der Waals surface area contributed by atoms with Gasteiger partial charge < -0.3 is 5.32 Å². The normalized spacial score (nSPS) is 64.0. The molecule has 4 bridgehead atoms. The fraction of sp³-hybridized carbons (Fsp3) is 1.00. The fourth-order valence-electron chi connectivity index (χ4n) is 5.06. The molecule has 0 radical (unpaired) electrons. The van der Waals surface area contributed by atoms with E-state index < -0.39 is 0 Å². The van der Waals surface area contributed by atoms with Gasteiger partial charge in [-0.25, -0.2) is 0 Å². The predicted molar refractivity (Wildman–Crippen MR) is 50.4 cm³/mol.